The molecular weight excluding hydrogens is 372 g/mol. The van der Waals surface area contributed by atoms with Crippen LogP contribution in [0.15, 0.2) is 0 Å². The van der Waals surface area contributed by atoms with Crippen LogP contribution >= 0.6 is 0 Å². The third-order valence-corrected chi connectivity index (χ3v) is 6.09. The number of carbonyl (C=O) groups excluding carboxylic acids is 2. The summed E-state index contributed by atoms with van der Waals surface area (Å²) in [6, 6.07) is 0. The lowest BCUT2D eigenvalue weighted by molar-refractivity contribution is -0.143. The molecule has 0 bridgehead atoms. The Bertz CT molecular complexity index is 392. The van der Waals surface area contributed by atoms with Gasteiger partial charge in [-0.2, -0.15) is 0 Å². The molecule has 0 aliphatic rings. The highest BCUT2D eigenvalue weighted by Gasteiger charge is 2.06. The van der Waals surface area contributed by atoms with Gasteiger partial charge in [0.05, 0.1) is 6.61 Å². The van der Waals surface area contributed by atoms with Gasteiger partial charge >= 0.3 is 5.97 Å². The number of ether oxygens (including phenoxy) is 1. The highest BCUT2D eigenvalue weighted by Crippen LogP contribution is 2.18. The zero-order valence-electron chi connectivity index (χ0n) is 20.7. The molecule has 0 heterocycles. The molecule has 0 rings (SSSR count). The minimum absolute atomic E-state index is 0.0739. The van der Waals surface area contributed by atoms with Crippen molar-refractivity contribution in [1.82, 2.24) is 0 Å². The Balaban J connectivity index is 3.35. The van der Waals surface area contributed by atoms with Gasteiger partial charge in [0, 0.05) is 19.3 Å². The van der Waals surface area contributed by atoms with E-state index in [2.05, 4.69) is 13.8 Å². The summed E-state index contributed by atoms with van der Waals surface area (Å²) in [6.07, 6.45) is 23.3. The molecule has 0 radical (unpaired) electrons. The van der Waals surface area contributed by atoms with Gasteiger partial charge in [-0.25, -0.2) is 0 Å². The SMILES string of the molecule is CCCCCCCCCCC(C)CCCC(=O)CCCCCCCCC(=O)OCC. The fourth-order valence-electron chi connectivity index (χ4n) is 4.08. The largest absolute Gasteiger partial charge is 0.466 e. The van der Waals surface area contributed by atoms with Crippen molar-refractivity contribution in [3.63, 3.8) is 0 Å². The first kappa shape index (κ1) is 29.1. The average molecular weight is 425 g/mol. The molecule has 0 amide bonds. The van der Waals surface area contributed by atoms with Crippen LogP contribution in [0.4, 0.5) is 0 Å². The Morgan fingerprint density at radius 2 is 1.07 bits per heavy atom. The average Bonchev–Trinajstić information content (AvgIpc) is 2.72. The van der Waals surface area contributed by atoms with Gasteiger partial charge in [0.25, 0.3) is 0 Å². The van der Waals surface area contributed by atoms with E-state index in [-0.39, 0.29) is 5.97 Å². The quantitative estimate of drug-likeness (QED) is 0.122. The number of Topliss-reactive ketones (excluding diaryl/α,β-unsaturated/α-hetero) is 1. The fourth-order valence-corrected chi connectivity index (χ4v) is 4.08. The Hall–Kier alpha value is -0.860. The maximum atomic E-state index is 12.1. The van der Waals surface area contributed by atoms with Crippen LogP contribution in [0.1, 0.15) is 149 Å². The van der Waals surface area contributed by atoms with E-state index in [4.69, 9.17) is 4.74 Å². The predicted octanol–water partition coefficient (Wildman–Crippen LogP) is 8.58. The lowest BCUT2D eigenvalue weighted by Gasteiger charge is -2.11. The minimum Gasteiger partial charge on any atom is -0.466 e. The normalized spacial score (nSPS) is 12.1. The fraction of sp³-hybridized carbons (Fsp3) is 0.926. The van der Waals surface area contributed by atoms with Crippen molar-refractivity contribution in [3.8, 4) is 0 Å². The lowest BCUT2D eigenvalue weighted by atomic mass is 9.95. The smallest absolute Gasteiger partial charge is 0.305 e. The standard InChI is InChI=1S/C27H52O3/c1-4-6-7-8-9-10-13-16-20-25(3)21-19-23-26(28)22-17-14-11-12-15-18-24-27(29)30-5-2/h25H,4-24H2,1-3H3. The van der Waals surface area contributed by atoms with E-state index in [1.165, 1.54) is 70.6 Å². The van der Waals surface area contributed by atoms with Crippen LogP contribution in [0.5, 0.6) is 0 Å². The van der Waals surface area contributed by atoms with Gasteiger partial charge < -0.3 is 4.74 Å². The molecule has 0 aliphatic heterocycles. The number of unbranched alkanes of at least 4 members (excludes halogenated alkanes) is 12. The van der Waals surface area contributed by atoms with Crippen molar-refractivity contribution in [2.45, 2.75) is 149 Å². The summed E-state index contributed by atoms with van der Waals surface area (Å²) in [6.45, 7) is 6.95. The molecule has 3 heteroatoms. The van der Waals surface area contributed by atoms with Gasteiger partial charge in [-0.05, 0) is 32.1 Å². The summed E-state index contributed by atoms with van der Waals surface area (Å²) in [5, 5.41) is 0. The van der Waals surface area contributed by atoms with E-state index in [1.54, 1.807) is 0 Å². The van der Waals surface area contributed by atoms with E-state index in [9.17, 15) is 9.59 Å². The maximum absolute atomic E-state index is 12.1. The van der Waals surface area contributed by atoms with Gasteiger partial charge in [0.2, 0.25) is 0 Å². The zero-order chi connectivity index (χ0) is 22.3. The van der Waals surface area contributed by atoms with E-state index in [0.29, 0.717) is 18.8 Å². The summed E-state index contributed by atoms with van der Waals surface area (Å²) in [7, 11) is 0. The molecule has 0 N–H and O–H groups in total. The van der Waals surface area contributed by atoms with E-state index in [1.807, 2.05) is 6.92 Å². The minimum atomic E-state index is -0.0739. The molecule has 0 saturated carbocycles. The second-order valence-electron chi connectivity index (χ2n) is 9.23. The number of hydrogen-bond donors (Lipinski definition) is 0. The van der Waals surface area contributed by atoms with Crippen molar-refractivity contribution in [2.75, 3.05) is 6.61 Å². The lowest BCUT2D eigenvalue weighted by Crippen LogP contribution is -2.03. The van der Waals surface area contributed by atoms with Gasteiger partial charge in [0.15, 0.2) is 0 Å². The van der Waals surface area contributed by atoms with Crippen LogP contribution in [-0.4, -0.2) is 18.4 Å². The molecule has 1 unspecified atom stereocenters. The van der Waals surface area contributed by atoms with E-state index in [0.717, 1.165) is 57.3 Å². The van der Waals surface area contributed by atoms with Crippen molar-refractivity contribution < 1.29 is 14.3 Å². The Kier molecular flexibility index (Phi) is 22.2. The van der Waals surface area contributed by atoms with Crippen molar-refractivity contribution in [2.24, 2.45) is 5.92 Å². The molecule has 0 saturated heterocycles. The van der Waals surface area contributed by atoms with Crippen molar-refractivity contribution in [3.05, 3.63) is 0 Å². The summed E-state index contributed by atoms with van der Waals surface area (Å²) in [5.74, 6) is 1.15. The first-order valence-electron chi connectivity index (χ1n) is 13.3. The molecule has 30 heavy (non-hydrogen) atoms. The highest BCUT2D eigenvalue weighted by atomic mass is 16.5. The topological polar surface area (TPSA) is 43.4 Å². The van der Waals surface area contributed by atoms with Crippen molar-refractivity contribution in [1.29, 1.82) is 0 Å². The summed E-state index contributed by atoms with van der Waals surface area (Å²) < 4.78 is 4.93. The first-order valence-corrected chi connectivity index (χ1v) is 13.3. The number of carbonyl (C=O) groups is 2. The Morgan fingerprint density at radius 1 is 0.600 bits per heavy atom. The van der Waals surface area contributed by atoms with E-state index >= 15 is 0 Å². The molecule has 0 fully saturated rings. The molecule has 0 aliphatic carbocycles. The van der Waals surface area contributed by atoms with Crippen LogP contribution in [0.2, 0.25) is 0 Å². The highest BCUT2D eigenvalue weighted by molar-refractivity contribution is 5.78. The van der Waals surface area contributed by atoms with Crippen LogP contribution < -0.4 is 0 Å². The Labute approximate surface area is 188 Å². The van der Waals surface area contributed by atoms with E-state index < -0.39 is 0 Å². The maximum Gasteiger partial charge on any atom is 0.305 e. The van der Waals surface area contributed by atoms with Crippen LogP contribution in [0, 0.1) is 5.92 Å². The molecule has 3 nitrogen and oxygen atoms in total. The van der Waals surface area contributed by atoms with Gasteiger partial charge in [-0.15, -0.1) is 0 Å². The van der Waals surface area contributed by atoms with Crippen molar-refractivity contribution >= 4 is 11.8 Å². The number of esters is 1. The predicted molar refractivity (Wildman–Crippen MR) is 129 cm³/mol. The number of hydrogen-bond acceptors (Lipinski definition) is 3. The third kappa shape index (κ3) is 21.8. The molecule has 0 aromatic carbocycles. The molecule has 1 atom stereocenters. The first-order chi connectivity index (χ1) is 14.6. The zero-order valence-corrected chi connectivity index (χ0v) is 20.7. The van der Waals surface area contributed by atoms with Gasteiger partial charge in [0.1, 0.15) is 5.78 Å². The molecule has 178 valence electrons. The Morgan fingerprint density at radius 3 is 1.67 bits per heavy atom. The van der Waals surface area contributed by atoms with Crippen LogP contribution in [0.3, 0.4) is 0 Å². The van der Waals surface area contributed by atoms with Gasteiger partial charge in [-0.3, -0.25) is 9.59 Å². The van der Waals surface area contributed by atoms with Gasteiger partial charge in [-0.1, -0.05) is 104 Å². The molecular formula is C27H52O3. The number of ketones is 1. The second kappa shape index (κ2) is 22.8. The molecule has 0 aromatic rings. The van der Waals surface area contributed by atoms with Crippen LogP contribution in [-0.2, 0) is 14.3 Å². The molecule has 0 aromatic heterocycles. The monoisotopic (exact) mass is 424 g/mol. The third-order valence-electron chi connectivity index (χ3n) is 6.09. The summed E-state index contributed by atoms with van der Waals surface area (Å²) in [5.41, 5.74) is 0. The van der Waals surface area contributed by atoms with Crippen LogP contribution in [0.25, 0.3) is 0 Å². The number of rotatable bonds is 23. The second-order valence-corrected chi connectivity index (χ2v) is 9.23. The summed E-state index contributed by atoms with van der Waals surface area (Å²) >= 11 is 0. The molecule has 0 spiro atoms. The summed E-state index contributed by atoms with van der Waals surface area (Å²) in [4.78, 5) is 23.3.